The predicted molar refractivity (Wildman–Crippen MR) is 126 cm³/mol. The summed E-state index contributed by atoms with van der Waals surface area (Å²) in [6.45, 7) is 2.05. The van der Waals surface area contributed by atoms with Crippen LogP contribution in [-0.2, 0) is 17.6 Å². The van der Waals surface area contributed by atoms with Crippen LogP contribution in [0.2, 0.25) is 0 Å². The number of carbonyl (C=O) groups excluding carboxylic acids is 1. The van der Waals surface area contributed by atoms with Gasteiger partial charge in [-0.3, -0.25) is 4.79 Å². The van der Waals surface area contributed by atoms with E-state index in [9.17, 15) is 10.1 Å². The smallest absolute Gasteiger partial charge is 0.263 e. The van der Waals surface area contributed by atoms with Crippen LogP contribution in [0.4, 0.5) is 5.69 Å². The minimum absolute atomic E-state index is 0.0596. The third-order valence-electron chi connectivity index (χ3n) is 6.02. The lowest BCUT2D eigenvalue weighted by Gasteiger charge is -2.21. The monoisotopic (exact) mass is 409 g/mol. The average Bonchev–Trinajstić information content (AvgIpc) is 2.82. The Bertz CT molecular complexity index is 1170. The third-order valence-corrected chi connectivity index (χ3v) is 6.02. The zero-order valence-electron chi connectivity index (χ0n) is 17.8. The van der Waals surface area contributed by atoms with E-state index in [-0.39, 0.29) is 17.5 Å². The summed E-state index contributed by atoms with van der Waals surface area (Å²) >= 11 is 0. The molecule has 0 bridgehead atoms. The molecular formula is C27H27N3O. The minimum atomic E-state index is -0.361. The molecule has 0 fully saturated rings. The maximum absolute atomic E-state index is 12.8. The van der Waals surface area contributed by atoms with E-state index in [1.54, 1.807) is 0 Å². The van der Waals surface area contributed by atoms with Crippen molar-refractivity contribution >= 4 is 22.4 Å². The van der Waals surface area contributed by atoms with Crippen molar-refractivity contribution in [2.24, 2.45) is 0 Å². The van der Waals surface area contributed by atoms with Crippen molar-refractivity contribution in [2.75, 3.05) is 5.32 Å². The van der Waals surface area contributed by atoms with Gasteiger partial charge in [-0.1, -0.05) is 61.5 Å². The van der Waals surface area contributed by atoms with Crippen LogP contribution in [0.1, 0.15) is 48.9 Å². The molecule has 4 rings (SSSR count). The van der Waals surface area contributed by atoms with Gasteiger partial charge in [0.05, 0.1) is 6.04 Å². The predicted octanol–water partition coefficient (Wildman–Crippen LogP) is 5.81. The van der Waals surface area contributed by atoms with Crippen LogP contribution >= 0.6 is 0 Å². The Morgan fingerprint density at radius 2 is 1.84 bits per heavy atom. The maximum Gasteiger partial charge on any atom is 0.263 e. The number of benzene rings is 3. The molecule has 0 aromatic heterocycles. The summed E-state index contributed by atoms with van der Waals surface area (Å²) in [6.07, 6.45) is 6.98. The molecule has 4 heteroatoms. The number of hydrogen-bond donors (Lipinski definition) is 2. The first-order valence-corrected chi connectivity index (χ1v) is 11.0. The molecule has 1 atom stereocenters. The van der Waals surface area contributed by atoms with Crippen molar-refractivity contribution in [1.29, 1.82) is 5.26 Å². The molecule has 156 valence electrons. The first-order valence-electron chi connectivity index (χ1n) is 11.0. The zero-order valence-corrected chi connectivity index (χ0v) is 17.8. The number of anilines is 1. The first-order chi connectivity index (χ1) is 15.2. The second-order valence-corrected chi connectivity index (χ2v) is 8.01. The molecule has 1 amide bonds. The lowest BCUT2D eigenvalue weighted by Crippen LogP contribution is -2.29. The fourth-order valence-corrected chi connectivity index (χ4v) is 4.28. The van der Waals surface area contributed by atoms with Crippen molar-refractivity contribution in [2.45, 2.75) is 45.1 Å². The molecule has 1 aliphatic rings. The van der Waals surface area contributed by atoms with Crippen LogP contribution in [0.5, 0.6) is 0 Å². The van der Waals surface area contributed by atoms with Crippen molar-refractivity contribution in [3.05, 3.63) is 89.1 Å². The quantitative estimate of drug-likeness (QED) is 0.399. The molecule has 0 saturated carbocycles. The molecule has 1 unspecified atom stereocenters. The molecule has 0 radical (unpaired) electrons. The molecular weight excluding hydrogens is 382 g/mol. The van der Waals surface area contributed by atoms with E-state index in [1.807, 2.05) is 48.5 Å². The van der Waals surface area contributed by atoms with E-state index in [0.29, 0.717) is 0 Å². The van der Waals surface area contributed by atoms with Crippen molar-refractivity contribution in [3.63, 3.8) is 0 Å². The number of amides is 1. The summed E-state index contributed by atoms with van der Waals surface area (Å²) < 4.78 is 0. The topological polar surface area (TPSA) is 64.9 Å². The Morgan fingerprint density at radius 1 is 1.06 bits per heavy atom. The van der Waals surface area contributed by atoms with Gasteiger partial charge in [-0.2, -0.15) is 5.26 Å². The summed E-state index contributed by atoms with van der Waals surface area (Å²) in [7, 11) is 0. The van der Waals surface area contributed by atoms with E-state index in [1.165, 1.54) is 30.2 Å². The van der Waals surface area contributed by atoms with Crippen LogP contribution in [0, 0.1) is 11.3 Å². The van der Waals surface area contributed by atoms with Crippen LogP contribution in [0.3, 0.4) is 0 Å². The van der Waals surface area contributed by atoms with Gasteiger partial charge in [0.2, 0.25) is 0 Å². The number of carbonyl (C=O) groups is 1. The third kappa shape index (κ3) is 4.62. The fraction of sp³-hybridized carbons (Fsp3) is 0.259. The van der Waals surface area contributed by atoms with Gasteiger partial charge in [-0.05, 0) is 60.2 Å². The number of nitrogens with zero attached hydrogens (tertiary/aromatic N) is 1. The Balaban J connectivity index is 1.50. The highest BCUT2D eigenvalue weighted by Crippen LogP contribution is 2.26. The standard InChI is InChI=1S/C27H27N3O/c1-2-25(22-15-14-19-8-3-4-10-21(19)16-22)30-27(31)23(17-28)18-29-26-13-7-11-20-9-5-6-12-24(20)26/h5-7,9,11-16,18,25,29H,2-4,8,10H2,1H3,(H,30,31)/b23-18-. The van der Waals surface area contributed by atoms with Gasteiger partial charge in [0.1, 0.15) is 11.6 Å². The largest absolute Gasteiger partial charge is 0.360 e. The number of hydrogen-bond acceptors (Lipinski definition) is 3. The summed E-state index contributed by atoms with van der Waals surface area (Å²) in [5.41, 5.74) is 4.85. The normalized spacial score (nSPS) is 14.4. The Kier molecular flexibility index (Phi) is 6.33. The van der Waals surface area contributed by atoms with E-state index >= 15 is 0 Å². The molecule has 1 aliphatic carbocycles. The van der Waals surface area contributed by atoms with Gasteiger partial charge in [0.25, 0.3) is 5.91 Å². The van der Waals surface area contributed by atoms with Gasteiger partial charge in [-0.25, -0.2) is 0 Å². The van der Waals surface area contributed by atoms with Crippen molar-refractivity contribution < 1.29 is 4.79 Å². The summed E-state index contributed by atoms with van der Waals surface area (Å²) in [4.78, 5) is 12.8. The highest BCUT2D eigenvalue weighted by atomic mass is 16.1. The van der Waals surface area contributed by atoms with Gasteiger partial charge in [0.15, 0.2) is 0 Å². The van der Waals surface area contributed by atoms with Crippen LogP contribution in [-0.4, -0.2) is 5.91 Å². The molecule has 0 aliphatic heterocycles. The lowest BCUT2D eigenvalue weighted by molar-refractivity contribution is -0.117. The SMILES string of the molecule is CCC(NC(=O)/C(C#N)=C\Nc1cccc2ccccc12)c1ccc2c(c1)CCCC2. The van der Waals surface area contributed by atoms with Crippen LogP contribution < -0.4 is 10.6 Å². The molecule has 0 saturated heterocycles. The lowest BCUT2D eigenvalue weighted by atomic mass is 9.88. The molecule has 0 spiro atoms. The highest BCUT2D eigenvalue weighted by molar-refractivity contribution is 5.99. The number of rotatable bonds is 6. The van der Waals surface area contributed by atoms with E-state index in [2.05, 4.69) is 35.8 Å². The molecule has 0 heterocycles. The fourth-order valence-electron chi connectivity index (χ4n) is 4.28. The van der Waals surface area contributed by atoms with E-state index in [0.717, 1.165) is 41.3 Å². The summed E-state index contributed by atoms with van der Waals surface area (Å²) in [5.74, 6) is -0.361. The molecule has 4 nitrogen and oxygen atoms in total. The Hall–Kier alpha value is -3.58. The number of aryl methyl sites for hydroxylation is 2. The van der Waals surface area contributed by atoms with Gasteiger partial charge >= 0.3 is 0 Å². The first kappa shape index (κ1) is 20.7. The minimum Gasteiger partial charge on any atom is -0.360 e. The molecule has 2 N–H and O–H groups in total. The Morgan fingerprint density at radius 3 is 2.65 bits per heavy atom. The number of nitriles is 1. The highest BCUT2D eigenvalue weighted by Gasteiger charge is 2.18. The van der Waals surface area contributed by atoms with Gasteiger partial charge in [-0.15, -0.1) is 0 Å². The van der Waals surface area contributed by atoms with E-state index in [4.69, 9.17) is 0 Å². The molecule has 3 aromatic carbocycles. The Labute approximate surface area is 183 Å². The molecule has 3 aromatic rings. The average molecular weight is 410 g/mol. The van der Waals surface area contributed by atoms with Crippen molar-refractivity contribution in [3.8, 4) is 6.07 Å². The summed E-state index contributed by atoms with van der Waals surface area (Å²) in [5, 5.41) is 17.9. The van der Waals surface area contributed by atoms with Crippen molar-refractivity contribution in [1.82, 2.24) is 5.32 Å². The van der Waals surface area contributed by atoms with E-state index < -0.39 is 0 Å². The zero-order chi connectivity index (χ0) is 21.6. The van der Waals surface area contributed by atoms with Crippen LogP contribution in [0.15, 0.2) is 72.4 Å². The van der Waals surface area contributed by atoms with Gasteiger partial charge in [0, 0.05) is 17.3 Å². The molecule has 31 heavy (non-hydrogen) atoms. The van der Waals surface area contributed by atoms with Gasteiger partial charge < -0.3 is 10.6 Å². The van der Waals surface area contributed by atoms with Crippen LogP contribution in [0.25, 0.3) is 10.8 Å². The second kappa shape index (κ2) is 9.49. The maximum atomic E-state index is 12.8. The number of nitrogens with one attached hydrogen (secondary N) is 2. The number of fused-ring (bicyclic) bond motifs is 2. The second-order valence-electron chi connectivity index (χ2n) is 8.01. The summed E-state index contributed by atoms with van der Waals surface area (Å²) in [6, 6.07) is 22.4.